The van der Waals surface area contributed by atoms with Crippen molar-refractivity contribution in [1.29, 1.82) is 5.26 Å². The standard InChI is InChI=1S/C25H21N3O5S/c1-31-21-9-8-17(12-22(21)32-2)20-13-19(23-7-4-10-34-23)27-28(20)24(29)15-33-25(30)18-6-3-5-16(11-18)14-26/h3-12,20H,13,15H2,1-2H3/t20-/m1/s1. The van der Waals surface area contributed by atoms with Crippen LogP contribution in [0.4, 0.5) is 0 Å². The molecule has 1 aromatic heterocycles. The first-order chi connectivity index (χ1) is 16.5. The summed E-state index contributed by atoms with van der Waals surface area (Å²) in [4.78, 5) is 26.5. The summed E-state index contributed by atoms with van der Waals surface area (Å²) in [7, 11) is 3.11. The quantitative estimate of drug-likeness (QED) is 0.476. The number of nitrogens with zero attached hydrogens (tertiary/aromatic N) is 3. The fraction of sp³-hybridized carbons (Fsp3) is 0.200. The molecule has 0 fully saturated rings. The van der Waals surface area contributed by atoms with Crippen molar-refractivity contribution in [2.45, 2.75) is 12.5 Å². The molecular formula is C25H21N3O5S. The molecule has 34 heavy (non-hydrogen) atoms. The highest BCUT2D eigenvalue weighted by Crippen LogP contribution is 2.37. The smallest absolute Gasteiger partial charge is 0.338 e. The van der Waals surface area contributed by atoms with E-state index < -0.39 is 24.5 Å². The molecule has 172 valence electrons. The predicted octanol–water partition coefficient (Wildman–Crippen LogP) is 4.17. The summed E-state index contributed by atoms with van der Waals surface area (Å²) in [6.07, 6.45) is 0.500. The lowest BCUT2D eigenvalue weighted by atomic mass is 10.0. The Morgan fingerprint density at radius 3 is 2.65 bits per heavy atom. The van der Waals surface area contributed by atoms with Crippen LogP contribution >= 0.6 is 11.3 Å². The summed E-state index contributed by atoms with van der Waals surface area (Å²) < 4.78 is 16.0. The Balaban J connectivity index is 1.56. The van der Waals surface area contributed by atoms with Gasteiger partial charge < -0.3 is 14.2 Å². The first kappa shape index (κ1) is 23.0. The summed E-state index contributed by atoms with van der Waals surface area (Å²) in [6.45, 7) is -0.485. The number of carbonyl (C=O) groups is 2. The minimum atomic E-state index is -0.685. The van der Waals surface area contributed by atoms with Crippen LogP contribution < -0.4 is 9.47 Å². The summed E-state index contributed by atoms with van der Waals surface area (Å²) >= 11 is 1.54. The second-order valence-electron chi connectivity index (χ2n) is 7.37. The Kier molecular flexibility index (Phi) is 6.90. The zero-order valence-corrected chi connectivity index (χ0v) is 19.4. The van der Waals surface area contributed by atoms with E-state index in [0.29, 0.717) is 23.5 Å². The van der Waals surface area contributed by atoms with Crippen molar-refractivity contribution in [3.63, 3.8) is 0 Å². The second-order valence-corrected chi connectivity index (χ2v) is 8.31. The maximum absolute atomic E-state index is 13.1. The molecule has 9 heteroatoms. The molecule has 0 spiro atoms. The summed E-state index contributed by atoms with van der Waals surface area (Å²) in [5, 5.41) is 16.9. The van der Waals surface area contributed by atoms with E-state index in [1.54, 1.807) is 32.4 Å². The van der Waals surface area contributed by atoms with Crippen molar-refractivity contribution < 1.29 is 23.8 Å². The lowest BCUT2D eigenvalue weighted by Crippen LogP contribution is -2.31. The van der Waals surface area contributed by atoms with Crippen LogP contribution in [0.25, 0.3) is 0 Å². The third-order valence-electron chi connectivity index (χ3n) is 5.32. The van der Waals surface area contributed by atoms with Crippen LogP contribution in [0.2, 0.25) is 0 Å². The van der Waals surface area contributed by atoms with E-state index >= 15 is 0 Å². The average Bonchev–Trinajstić information content (AvgIpc) is 3.57. The van der Waals surface area contributed by atoms with Gasteiger partial charge in [-0.15, -0.1) is 11.3 Å². The third kappa shape index (κ3) is 4.77. The number of carbonyl (C=O) groups excluding carboxylic acids is 2. The normalized spacial score (nSPS) is 14.8. The Labute approximate surface area is 200 Å². The minimum Gasteiger partial charge on any atom is -0.493 e. The van der Waals surface area contributed by atoms with Gasteiger partial charge in [-0.2, -0.15) is 10.4 Å². The van der Waals surface area contributed by atoms with Crippen molar-refractivity contribution in [3.8, 4) is 17.6 Å². The van der Waals surface area contributed by atoms with Crippen LogP contribution in [0.3, 0.4) is 0 Å². The number of benzene rings is 2. The highest BCUT2D eigenvalue weighted by molar-refractivity contribution is 7.12. The largest absolute Gasteiger partial charge is 0.493 e. The Hall–Kier alpha value is -4.16. The number of rotatable bonds is 7. The van der Waals surface area contributed by atoms with Crippen LogP contribution in [0, 0.1) is 11.3 Å². The van der Waals surface area contributed by atoms with E-state index in [1.165, 1.54) is 28.5 Å². The predicted molar refractivity (Wildman–Crippen MR) is 126 cm³/mol. The van der Waals surface area contributed by atoms with E-state index in [1.807, 2.05) is 35.7 Å². The summed E-state index contributed by atoms with van der Waals surface area (Å²) in [6, 6.07) is 17.0. The van der Waals surface area contributed by atoms with E-state index in [4.69, 9.17) is 19.5 Å². The van der Waals surface area contributed by atoms with Gasteiger partial charge in [0.2, 0.25) is 0 Å². The van der Waals surface area contributed by atoms with Crippen molar-refractivity contribution in [1.82, 2.24) is 5.01 Å². The molecule has 0 saturated carbocycles. The highest BCUT2D eigenvalue weighted by atomic mass is 32.1. The lowest BCUT2D eigenvalue weighted by molar-refractivity contribution is -0.136. The van der Waals surface area contributed by atoms with Gasteiger partial charge >= 0.3 is 5.97 Å². The van der Waals surface area contributed by atoms with Crippen LogP contribution in [-0.4, -0.2) is 43.4 Å². The molecule has 2 heterocycles. The molecule has 0 unspecified atom stereocenters. The highest BCUT2D eigenvalue weighted by Gasteiger charge is 2.34. The lowest BCUT2D eigenvalue weighted by Gasteiger charge is -2.22. The molecule has 1 amide bonds. The van der Waals surface area contributed by atoms with Crippen LogP contribution in [-0.2, 0) is 9.53 Å². The van der Waals surface area contributed by atoms with Crippen molar-refractivity contribution in [2.75, 3.05) is 20.8 Å². The van der Waals surface area contributed by atoms with Gasteiger partial charge in [0.15, 0.2) is 18.1 Å². The van der Waals surface area contributed by atoms with Gasteiger partial charge in [0.25, 0.3) is 5.91 Å². The van der Waals surface area contributed by atoms with Gasteiger partial charge in [0.05, 0.1) is 48.0 Å². The number of esters is 1. The topological polar surface area (TPSA) is 101 Å². The van der Waals surface area contributed by atoms with E-state index in [-0.39, 0.29) is 5.56 Å². The molecule has 0 N–H and O–H groups in total. The van der Waals surface area contributed by atoms with Gasteiger partial charge in [-0.1, -0.05) is 18.2 Å². The molecule has 1 aliphatic rings. The molecule has 0 aliphatic carbocycles. The van der Waals surface area contributed by atoms with E-state index in [2.05, 4.69) is 5.10 Å². The van der Waals surface area contributed by atoms with Crippen LogP contribution in [0.15, 0.2) is 65.1 Å². The Bertz CT molecular complexity index is 1280. The van der Waals surface area contributed by atoms with Gasteiger partial charge in [-0.3, -0.25) is 4.79 Å². The molecule has 0 bridgehead atoms. The number of nitriles is 1. The molecule has 1 aliphatic heterocycles. The van der Waals surface area contributed by atoms with Crippen molar-refractivity contribution >= 4 is 28.9 Å². The molecule has 2 aromatic carbocycles. The molecule has 1 atom stereocenters. The van der Waals surface area contributed by atoms with Crippen molar-refractivity contribution in [2.24, 2.45) is 5.10 Å². The van der Waals surface area contributed by atoms with E-state index in [9.17, 15) is 9.59 Å². The number of ether oxygens (including phenoxy) is 3. The van der Waals surface area contributed by atoms with Gasteiger partial charge in [0, 0.05) is 6.42 Å². The van der Waals surface area contributed by atoms with Crippen molar-refractivity contribution in [3.05, 3.63) is 81.5 Å². The SMILES string of the molecule is COc1ccc([C@H]2CC(c3cccs3)=NN2C(=O)COC(=O)c2cccc(C#N)c2)cc1OC. The number of hydrazone groups is 1. The maximum Gasteiger partial charge on any atom is 0.338 e. The number of hydrogen-bond acceptors (Lipinski definition) is 8. The fourth-order valence-electron chi connectivity index (χ4n) is 3.64. The zero-order valence-electron chi connectivity index (χ0n) is 18.6. The second kappa shape index (κ2) is 10.2. The molecule has 0 radical (unpaired) electrons. The molecule has 4 rings (SSSR count). The Morgan fingerprint density at radius 1 is 1.12 bits per heavy atom. The number of amides is 1. The van der Waals surface area contributed by atoms with E-state index in [0.717, 1.165) is 16.2 Å². The summed E-state index contributed by atoms with van der Waals surface area (Å²) in [5.74, 6) is -0.0262. The fourth-order valence-corrected chi connectivity index (χ4v) is 4.37. The molecule has 0 saturated heterocycles. The van der Waals surface area contributed by atoms with Crippen LogP contribution in [0.5, 0.6) is 11.5 Å². The number of hydrogen-bond donors (Lipinski definition) is 0. The van der Waals surface area contributed by atoms with Crippen LogP contribution in [0.1, 0.15) is 38.8 Å². The molecular weight excluding hydrogens is 454 g/mol. The van der Waals surface area contributed by atoms with Gasteiger partial charge in [-0.05, 0) is 47.3 Å². The van der Waals surface area contributed by atoms with Gasteiger partial charge in [-0.25, -0.2) is 9.80 Å². The molecule has 3 aromatic rings. The monoisotopic (exact) mass is 475 g/mol. The van der Waals surface area contributed by atoms with Gasteiger partial charge in [0.1, 0.15) is 0 Å². The first-order valence-corrected chi connectivity index (χ1v) is 11.2. The summed E-state index contributed by atoms with van der Waals surface area (Å²) in [5.41, 5.74) is 2.12. The Morgan fingerprint density at radius 2 is 1.94 bits per heavy atom. The number of methoxy groups -OCH3 is 2. The molecule has 8 nitrogen and oxygen atoms in total. The minimum absolute atomic E-state index is 0.201. The average molecular weight is 476 g/mol. The zero-order chi connectivity index (χ0) is 24.1. The maximum atomic E-state index is 13.1. The third-order valence-corrected chi connectivity index (χ3v) is 6.24. The number of thiophene rings is 1. The first-order valence-electron chi connectivity index (χ1n) is 10.4.